The highest BCUT2D eigenvalue weighted by atomic mass is 19.2. The Balaban J connectivity index is 1.63. The number of halogens is 3. The summed E-state index contributed by atoms with van der Waals surface area (Å²) in [6.45, 7) is 2.68. The summed E-state index contributed by atoms with van der Waals surface area (Å²) in [6, 6.07) is 7.54. The van der Waals surface area contributed by atoms with E-state index in [1.165, 1.54) is 34.1 Å². The molecule has 1 aliphatic heterocycles. The molecule has 7 nitrogen and oxygen atoms in total. The largest absolute Gasteiger partial charge is 0.513 e. The van der Waals surface area contributed by atoms with Crippen LogP contribution in [0.4, 0.5) is 18.0 Å². The first-order chi connectivity index (χ1) is 15.3. The molecule has 0 radical (unpaired) electrons. The molecule has 0 spiro atoms. The summed E-state index contributed by atoms with van der Waals surface area (Å²) in [4.78, 5) is 39.6. The number of benzene rings is 2. The van der Waals surface area contributed by atoms with E-state index in [0.717, 1.165) is 6.07 Å². The van der Waals surface area contributed by atoms with E-state index in [4.69, 9.17) is 4.74 Å². The van der Waals surface area contributed by atoms with Gasteiger partial charge in [-0.25, -0.2) is 18.0 Å². The number of ether oxygens (including phenoxy) is 2. The van der Waals surface area contributed by atoms with Crippen LogP contribution < -0.4 is 4.74 Å². The molecule has 10 heteroatoms. The van der Waals surface area contributed by atoms with E-state index in [1.54, 1.807) is 6.92 Å². The summed E-state index contributed by atoms with van der Waals surface area (Å²) in [6.07, 6.45) is -0.423. The van der Waals surface area contributed by atoms with Gasteiger partial charge in [-0.05, 0) is 49.7 Å². The van der Waals surface area contributed by atoms with Crippen molar-refractivity contribution in [1.82, 2.24) is 9.80 Å². The van der Waals surface area contributed by atoms with Crippen molar-refractivity contribution >= 4 is 18.0 Å². The number of hydrogen-bond donors (Lipinski definition) is 0. The van der Waals surface area contributed by atoms with Gasteiger partial charge in [0.1, 0.15) is 5.75 Å². The molecule has 32 heavy (non-hydrogen) atoms. The zero-order chi connectivity index (χ0) is 23.3. The molecule has 0 unspecified atom stereocenters. The van der Waals surface area contributed by atoms with Gasteiger partial charge in [0.05, 0.1) is 12.2 Å². The van der Waals surface area contributed by atoms with Gasteiger partial charge in [0.2, 0.25) is 0 Å². The number of carbonyl (C=O) groups is 3. The highest BCUT2D eigenvalue weighted by molar-refractivity contribution is 5.95. The standard InChI is InChI=1S/C22H21F3N2O5/c1-2-31-22(30)32-15-6-4-14(5-7-15)20(28)26-10-3-11-27(13-12-26)21(29)16-8-9-17(23)19(25)18(16)24/h4-9H,2-3,10-13H2,1H3. The lowest BCUT2D eigenvalue weighted by atomic mass is 10.1. The lowest BCUT2D eigenvalue weighted by Crippen LogP contribution is -2.37. The van der Waals surface area contributed by atoms with Gasteiger partial charge in [-0.15, -0.1) is 0 Å². The van der Waals surface area contributed by atoms with Gasteiger partial charge in [-0.1, -0.05) is 0 Å². The third-order valence-corrected chi connectivity index (χ3v) is 4.90. The number of rotatable bonds is 4. The molecule has 1 saturated heterocycles. The smallest absolute Gasteiger partial charge is 0.434 e. The first-order valence-corrected chi connectivity index (χ1v) is 9.98. The highest BCUT2D eigenvalue weighted by Gasteiger charge is 2.27. The van der Waals surface area contributed by atoms with Crippen molar-refractivity contribution in [2.45, 2.75) is 13.3 Å². The van der Waals surface area contributed by atoms with Gasteiger partial charge >= 0.3 is 6.16 Å². The third-order valence-electron chi connectivity index (χ3n) is 4.90. The Kier molecular flexibility index (Phi) is 7.34. The molecular weight excluding hydrogens is 429 g/mol. The Bertz CT molecular complexity index is 1010. The second-order valence-electron chi connectivity index (χ2n) is 6.97. The predicted octanol–water partition coefficient (Wildman–Crippen LogP) is 3.63. The van der Waals surface area contributed by atoms with E-state index in [1.807, 2.05) is 0 Å². The SMILES string of the molecule is CCOC(=O)Oc1ccc(C(=O)N2CCCN(C(=O)c3ccc(F)c(F)c3F)CC2)cc1. The molecule has 0 N–H and O–H groups in total. The van der Waals surface area contributed by atoms with Crippen molar-refractivity contribution in [2.75, 3.05) is 32.8 Å². The molecule has 170 valence electrons. The average Bonchev–Trinajstić information content (AvgIpc) is 3.04. The van der Waals surface area contributed by atoms with Gasteiger partial charge in [0, 0.05) is 31.7 Å². The van der Waals surface area contributed by atoms with Gasteiger partial charge in [0.15, 0.2) is 17.5 Å². The minimum atomic E-state index is -1.70. The summed E-state index contributed by atoms with van der Waals surface area (Å²) in [5, 5.41) is 0. The van der Waals surface area contributed by atoms with Crippen LogP contribution in [0.5, 0.6) is 5.75 Å². The lowest BCUT2D eigenvalue weighted by molar-refractivity contribution is 0.0715. The summed E-state index contributed by atoms with van der Waals surface area (Å²) < 4.78 is 50.2. The molecule has 0 bridgehead atoms. The molecular formula is C22H21F3N2O5. The monoisotopic (exact) mass is 450 g/mol. The van der Waals surface area contributed by atoms with Crippen molar-refractivity contribution in [3.05, 3.63) is 65.0 Å². The molecule has 1 heterocycles. The number of carbonyl (C=O) groups excluding carboxylic acids is 3. The molecule has 2 aromatic carbocycles. The van der Waals surface area contributed by atoms with Crippen LogP contribution in [0.2, 0.25) is 0 Å². The highest BCUT2D eigenvalue weighted by Crippen LogP contribution is 2.19. The molecule has 0 saturated carbocycles. The van der Waals surface area contributed by atoms with Crippen molar-refractivity contribution in [2.24, 2.45) is 0 Å². The van der Waals surface area contributed by atoms with Crippen LogP contribution in [0.25, 0.3) is 0 Å². The molecule has 0 aliphatic carbocycles. The topological polar surface area (TPSA) is 76.2 Å². The molecule has 2 aromatic rings. The summed E-state index contributed by atoms with van der Waals surface area (Å²) in [5.41, 5.74) is -0.200. The molecule has 1 aliphatic rings. The summed E-state index contributed by atoms with van der Waals surface area (Å²) in [5.74, 6) is -5.43. The maximum Gasteiger partial charge on any atom is 0.513 e. The lowest BCUT2D eigenvalue weighted by Gasteiger charge is -2.22. The van der Waals surface area contributed by atoms with Crippen molar-refractivity contribution in [3.63, 3.8) is 0 Å². The van der Waals surface area contributed by atoms with Crippen LogP contribution in [-0.2, 0) is 4.74 Å². The second kappa shape index (κ2) is 10.2. The number of hydrogen-bond acceptors (Lipinski definition) is 5. The Morgan fingerprint density at radius 3 is 2.09 bits per heavy atom. The fraction of sp³-hybridized carbons (Fsp3) is 0.318. The van der Waals surface area contributed by atoms with Crippen LogP contribution in [0.3, 0.4) is 0 Å². The maximum absolute atomic E-state index is 14.0. The van der Waals surface area contributed by atoms with Crippen molar-refractivity contribution in [3.8, 4) is 5.75 Å². The van der Waals surface area contributed by atoms with Crippen LogP contribution in [0.1, 0.15) is 34.1 Å². The maximum atomic E-state index is 14.0. The van der Waals surface area contributed by atoms with Crippen LogP contribution in [0.15, 0.2) is 36.4 Å². The first kappa shape index (κ1) is 23.1. The van der Waals surface area contributed by atoms with E-state index >= 15 is 0 Å². The predicted molar refractivity (Wildman–Crippen MR) is 107 cm³/mol. The minimum absolute atomic E-state index is 0.104. The van der Waals surface area contributed by atoms with Crippen LogP contribution >= 0.6 is 0 Å². The Hall–Kier alpha value is -3.56. The van der Waals surface area contributed by atoms with Gasteiger partial charge in [-0.3, -0.25) is 9.59 Å². The van der Waals surface area contributed by atoms with Gasteiger partial charge in [0.25, 0.3) is 11.8 Å². The van der Waals surface area contributed by atoms with E-state index in [0.29, 0.717) is 24.6 Å². The fourth-order valence-electron chi connectivity index (χ4n) is 3.28. The molecule has 3 rings (SSSR count). The number of nitrogens with zero attached hydrogens (tertiary/aromatic N) is 2. The molecule has 0 aromatic heterocycles. The fourth-order valence-corrected chi connectivity index (χ4v) is 3.28. The van der Waals surface area contributed by atoms with Crippen LogP contribution in [-0.4, -0.2) is 60.6 Å². The first-order valence-electron chi connectivity index (χ1n) is 9.98. The van der Waals surface area contributed by atoms with E-state index in [9.17, 15) is 27.6 Å². The Morgan fingerprint density at radius 2 is 1.47 bits per heavy atom. The second-order valence-corrected chi connectivity index (χ2v) is 6.97. The third kappa shape index (κ3) is 5.19. The van der Waals surface area contributed by atoms with E-state index in [-0.39, 0.29) is 37.9 Å². The quantitative estimate of drug-likeness (QED) is 0.404. The Morgan fingerprint density at radius 1 is 0.844 bits per heavy atom. The zero-order valence-electron chi connectivity index (χ0n) is 17.3. The van der Waals surface area contributed by atoms with Crippen molar-refractivity contribution < 1.29 is 37.0 Å². The summed E-state index contributed by atoms with van der Waals surface area (Å²) >= 11 is 0. The van der Waals surface area contributed by atoms with Crippen LogP contribution in [0, 0.1) is 17.5 Å². The minimum Gasteiger partial charge on any atom is -0.434 e. The van der Waals surface area contributed by atoms with Gasteiger partial charge < -0.3 is 19.3 Å². The molecule has 0 atom stereocenters. The molecule has 2 amide bonds. The van der Waals surface area contributed by atoms with Gasteiger partial charge in [-0.2, -0.15) is 0 Å². The summed E-state index contributed by atoms with van der Waals surface area (Å²) in [7, 11) is 0. The average molecular weight is 450 g/mol. The van der Waals surface area contributed by atoms with E-state index < -0.39 is 35.1 Å². The Labute approximate surface area is 182 Å². The molecule has 1 fully saturated rings. The zero-order valence-corrected chi connectivity index (χ0v) is 17.3. The normalized spacial score (nSPS) is 14.0. The number of amides is 2. The van der Waals surface area contributed by atoms with Crippen molar-refractivity contribution in [1.29, 1.82) is 0 Å². The van der Waals surface area contributed by atoms with E-state index in [2.05, 4.69) is 4.74 Å².